The van der Waals surface area contributed by atoms with Crippen molar-refractivity contribution in [3.63, 3.8) is 0 Å². The van der Waals surface area contributed by atoms with Gasteiger partial charge in [-0.15, -0.1) is 0 Å². The Kier molecular flexibility index (Phi) is 3.38. The van der Waals surface area contributed by atoms with Crippen LogP contribution in [0.2, 0.25) is 0 Å². The minimum absolute atomic E-state index is 0.173. The summed E-state index contributed by atoms with van der Waals surface area (Å²) < 4.78 is 5.07. The second kappa shape index (κ2) is 5.33. The highest BCUT2D eigenvalue weighted by molar-refractivity contribution is 6.09. The summed E-state index contributed by atoms with van der Waals surface area (Å²) in [5.74, 6) is -0.173. The molecule has 0 aromatic heterocycles. The largest absolute Gasteiger partial charge is 0.466 e. The van der Waals surface area contributed by atoms with E-state index in [0.29, 0.717) is 13.0 Å². The summed E-state index contributed by atoms with van der Waals surface area (Å²) in [5, 5.41) is 4.69. The van der Waals surface area contributed by atoms with Crippen LogP contribution < -0.4 is 0 Å². The Hall–Kier alpha value is -2.35. The van der Waals surface area contributed by atoms with Gasteiger partial charge in [-0.05, 0) is 34.0 Å². The number of esters is 1. The van der Waals surface area contributed by atoms with E-state index in [9.17, 15) is 4.79 Å². The molecule has 3 aromatic rings. The molecule has 0 saturated heterocycles. The number of carbonyl (C=O) groups is 1. The maximum Gasteiger partial charge on any atom is 0.310 e. The summed E-state index contributed by atoms with van der Waals surface area (Å²) in [6, 6.07) is 18.6. The molecule has 0 saturated carbocycles. The first-order chi connectivity index (χ1) is 9.79. The van der Waals surface area contributed by atoms with E-state index < -0.39 is 0 Å². The maximum absolute atomic E-state index is 11.8. The summed E-state index contributed by atoms with van der Waals surface area (Å²) in [6.07, 6.45) is 0.319. The van der Waals surface area contributed by atoms with Gasteiger partial charge in [-0.2, -0.15) is 0 Å². The van der Waals surface area contributed by atoms with E-state index in [1.807, 2.05) is 31.2 Å². The lowest BCUT2D eigenvalue weighted by molar-refractivity contribution is -0.142. The number of hydrogen-bond acceptors (Lipinski definition) is 2. The third-order valence-corrected chi connectivity index (χ3v) is 3.50. The molecule has 100 valence electrons. The van der Waals surface area contributed by atoms with Gasteiger partial charge in [0.1, 0.15) is 0 Å². The fraction of sp³-hybridized carbons (Fsp3) is 0.167. The molecule has 0 bridgehead atoms. The van der Waals surface area contributed by atoms with E-state index in [2.05, 4.69) is 30.3 Å². The Morgan fingerprint density at radius 2 is 1.70 bits per heavy atom. The maximum atomic E-state index is 11.8. The Morgan fingerprint density at radius 3 is 2.55 bits per heavy atom. The van der Waals surface area contributed by atoms with E-state index in [1.54, 1.807) is 0 Å². The minimum Gasteiger partial charge on any atom is -0.466 e. The fourth-order valence-corrected chi connectivity index (χ4v) is 2.65. The third-order valence-electron chi connectivity index (χ3n) is 3.50. The third kappa shape index (κ3) is 2.25. The van der Waals surface area contributed by atoms with Crippen molar-refractivity contribution >= 4 is 27.5 Å². The van der Waals surface area contributed by atoms with Gasteiger partial charge in [0.15, 0.2) is 0 Å². The van der Waals surface area contributed by atoms with Crippen molar-refractivity contribution in [3.05, 3.63) is 60.2 Å². The molecule has 0 atom stereocenters. The van der Waals surface area contributed by atoms with Gasteiger partial charge in [-0.3, -0.25) is 4.79 Å². The van der Waals surface area contributed by atoms with Crippen molar-refractivity contribution in [2.45, 2.75) is 13.3 Å². The van der Waals surface area contributed by atoms with Crippen molar-refractivity contribution < 1.29 is 9.53 Å². The molecule has 2 heteroatoms. The van der Waals surface area contributed by atoms with Crippen molar-refractivity contribution in [1.29, 1.82) is 0 Å². The first kappa shape index (κ1) is 12.7. The second-order valence-corrected chi connectivity index (χ2v) is 4.78. The molecular formula is C18H16O2. The minimum atomic E-state index is -0.173. The summed E-state index contributed by atoms with van der Waals surface area (Å²) in [6.45, 7) is 2.25. The van der Waals surface area contributed by atoms with Crippen LogP contribution in [0, 0.1) is 0 Å². The molecule has 0 aliphatic carbocycles. The van der Waals surface area contributed by atoms with Gasteiger partial charge in [0.25, 0.3) is 0 Å². The SMILES string of the molecule is CCO[13C](=O)[13CH2][13c]1[13cH][13cH][13cH][13c]2[13cH][13cH][13c]3[13cH][13cH][13cH][13cH][13c]3[13c]12. The topological polar surface area (TPSA) is 26.3 Å². The Bertz CT molecular complexity index is 775. The lowest BCUT2D eigenvalue weighted by Crippen LogP contribution is -2.07. The van der Waals surface area contributed by atoms with E-state index in [1.165, 1.54) is 10.8 Å². The quantitative estimate of drug-likeness (QED) is 0.410. The molecule has 0 unspecified atom stereocenters. The van der Waals surface area contributed by atoms with Gasteiger partial charge in [-0.1, -0.05) is 54.6 Å². The molecule has 3 rings (SSSR count). The zero-order valence-corrected chi connectivity index (χ0v) is 11.4. The second-order valence-electron chi connectivity index (χ2n) is 4.78. The Balaban J connectivity index is 2.21. The van der Waals surface area contributed by atoms with E-state index >= 15 is 0 Å². The van der Waals surface area contributed by atoms with Gasteiger partial charge in [-0.25, -0.2) is 0 Å². The van der Waals surface area contributed by atoms with Gasteiger partial charge < -0.3 is 4.74 Å². The van der Waals surface area contributed by atoms with Crippen LogP contribution >= 0.6 is 0 Å². The van der Waals surface area contributed by atoms with Gasteiger partial charge in [0.2, 0.25) is 0 Å². The number of ether oxygens (including phenoxy) is 1. The number of fused-ring (bicyclic) bond motifs is 3. The summed E-state index contributed by atoms with van der Waals surface area (Å²) >= 11 is 0. The highest BCUT2D eigenvalue weighted by atomic mass is 16.6. The van der Waals surface area contributed by atoms with Crippen LogP contribution in [-0.4, -0.2) is 12.6 Å². The molecule has 0 amide bonds. The van der Waals surface area contributed by atoms with Crippen molar-refractivity contribution in [3.8, 4) is 0 Å². The van der Waals surface area contributed by atoms with Crippen LogP contribution in [0.4, 0.5) is 0 Å². The molecule has 2 nitrogen and oxygen atoms in total. The van der Waals surface area contributed by atoms with Crippen LogP contribution in [-0.2, 0) is 16.0 Å². The smallest absolute Gasteiger partial charge is 0.310 e. The Morgan fingerprint density at radius 1 is 0.950 bits per heavy atom. The Labute approximate surface area is 118 Å². The van der Waals surface area contributed by atoms with E-state index in [0.717, 1.165) is 16.3 Å². The van der Waals surface area contributed by atoms with Gasteiger partial charge in [0, 0.05) is 0 Å². The molecule has 3 aromatic carbocycles. The molecule has 0 fully saturated rings. The standard InChI is InChI=1S/C18H16O2/c1-2-20-17(19)12-15-8-5-7-14-11-10-13-6-3-4-9-16(13)18(14)15/h3-11H,2,12H2,1H3/i3+1,4+1,5+1,6+1,7+1,8+1,9+1,10+1,11+1,12+1,13+1,14+1,15+1,16+1,17+1,18+1. The first-order valence-electron chi connectivity index (χ1n) is 6.84. The zero-order valence-electron chi connectivity index (χ0n) is 11.4. The predicted octanol–water partition coefficient (Wildman–Crippen LogP) is 4.10. The normalized spacial score (nSPS) is 10.8. The zero-order chi connectivity index (χ0) is 13.9. The molecule has 0 aliphatic rings. The lowest BCUT2D eigenvalue weighted by atomic mass is 10.9. The molecule has 0 N–H and O–H groups in total. The molecule has 20 heavy (non-hydrogen) atoms. The van der Waals surface area contributed by atoms with Gasteiger partial charge >= 0.3 is 5.97 Å². The summed E-state index contributed by atoms with van der Waals surface area (Å²) in [7, 11) is 0. The molecule has 0 aliphatic heterocycles. The predicted molar refractivity (Wildman–Crippen MR) is 81.8 cm³/mol. The highest BCUT2D eigenvalue weighted by Gasteiger charge is 2.09. The number of hydrogen-bond donors (Lipinski definition) is 0. The number of benzene rings is 3. The molecule has 0 radical (unpaired) electrons. The summed E-state index contributed by atoms with van der Waals surface area (Å²) in [5.41, 5.74) is 1.03. The van der Waals surface area contributed by atoms with Crippen LogP contribution in [0.5, 0.6) is 0 Å². The van der Waals surface area contributed by atoms with Crippen molar-refractivity contribution in [1.82, 2.24) is 0 Å². The molecule has 0 heterocycles. The monoisotopic (exact) mass is 280 g/mol. The summed E-state index contributed by atoms with van der Waals surface area (Å²) in [4.78, 5) is 11.8. The van der Waals surface area contributed by atoms with Crippen molar-refractivity contribution in [2.24, 2.45) is 0 Å². The van der Waals surface area contributed by atoms with E-state index in [-0.39, 0.29) is 5.97 Å². The number of rotatable bonds is 3. The van der Waals surface area contributed by atoms with Crippen molar-refractivity contribution in [2.75, 3.05) is 6.61 Å². The highest BCUT2D eigenvalue weighted by Crippen LogP contribution is 2.28. The van der Waals surface area contributed by atoms with Crippen LogP contribution in [0.25, 0.3) is 21.5 Å². The fourth-order valence-electron chi connectivity index (χ4n) is 2.65. The van der Waals surface area contributed by atoms with Crippen LogP contribution in [0.15, 0.2) is 54.6 Å². The lowest BCUT2D eigenvalue weighted by Gasteiger charge is -2.09. The molecule has 0 spiro atoms. The van der Waals surface area contributed by atoms with Crippen LogP contribution in [0.1, 0.15) is 12.5 Å². The number of carbonyl (C=O) groups excluding carboxylic acids is 1. The van der Waals surface area contributed by atoms with Gasteiger partial charge in [0.05, 0.1) is 13.0 Å². The first-order valence-corrected chi connectivity index (χ1v) is 6.84. The van der Waals surface area contributed by atoms with Crippen LogP contribution in [0.3, 0.4) is 0 Å². The average molecular weight is 280 g/mol. The average Bonchev–Trinajstić information content (AvgIpc) is 2.47. The molecular weight excluding hydrogens is 264 g/mol. The van der Waals surface area contributed by atoms with E-state index in [4.69, 9.17) is 4.74 Å².